The van der Waals surface area contributed by atoms with Crippen LogP contribution in [-0.2, 0) is 0 Å². The van der Waals surface area contributed by atoms with Crippen LogP contribution in [0.1, 0.15) is 22.8 Å². The Kier molecular flexibility index (Phi) is 2.85. The summed E-state index contributed by atoms with van der Waals surface area (Å²) in [6.45, 7) is 3.21. The van der Waals surface area contributed by atoms with Crippen LogP contribution in [-0.4, -0.2) is 22.9 Å². The van der Waals surface area contributed by atoms with Gasteiger partial charge in [0.05, 0.1) is 0 Å². The summed E-state index contributed by atoms with van der Waals surface area (Å²) in [6, 6.07) is 4.87. The molecule has 0 bridgehead atoms. The number of carbonyl (C=O) groups excluding carboxylic acids is 1. The molecule has 0 spiro atoms. The summed E-state index contributed by atoms with van der Waals surface area (Å²) in [7, 11) is -1.51. The average molecular weight is 178 g/mol. The maximum absolute atomic E-state index is 11.0. The molecule has 2 N–H and O–H groups in total. The van der Waals surface area contributed by atoms with Gasteiger partial charge >= 0.3 is 7.12 Å². The molecule has 0 aliphatic heterocycles. The minimum atomic E-state index is -1.51. The van der Waals surface area contributed by atoms with Crippen LogP contribution in [0.25, 0.3) is 0 Å². The average Bonchev–Trinajstić information content (AvgIpc) is 2.04. The Bertz CT molecular complexity index is 334. The molecule has 1 aromatic carbocycles. The highest BCUT2D eigenvalue weighted by molar-refractivity contribution is 6.59. The second-order valence-corrected chi connectivity index (χ2v) is 3.00. The summed E-state index contributed by atoms with van der Waals surface area (Å²) in [5.41, 5.74) is 1.64. The molecule has 0 radical (unpaired) electrons. The fourth-order valence-corrected chi connectivity index (χ4v) is 1.14. The number of Topliss-reactive ketones (excluding diaryl/α,β-unsaturated/α-hetero) is 1. The maximum atomic E-state index is 11.0. The molecule has 0 unspecified atom stereocenters. The van der Waals surface area contributed by atoms with Crippen molar-refractivity contribution < 1.29 is 14.8 Å². The van der Waals surface area contributed by atoms with E-state index in [9.17, 15) is 4.79 Å². The minimum absolute atomic E-state index is 0.0816. The zero-order chi connectivity index (χ0) is 10.0. The van der Waals surface area contributed by atoms with Crippen molar-refractivity contribution in [2.24, 2.45) is 0 Å². The second kappa shape index (κ2) is 3.72. The molecule has 0 saturated heterocycles. The van der Waals surface area contributed by atoms with Gasteiger partial charge in [0.1, 0.15) is 0 Å². The van der Waals surface area contributed by atoms with Crippen LogP contribution in [0, 0.1) is 6.92 Å². The zero-order valence-corrected chi connectivity index (χ0v) is 7.61. The lowest BCUT2D eigenvalue weighted by molar-refractivity contribution is 0.101. The van der Waals surface area contributed by atoms with Crippen LogP contribution in [0.15, 0.2) is 18.2 Å². The van der Waals surface area contributed by atoms with E-state index in [4.69, 9.17) is 10.0 Å². The Hall–Kier alpha value is -1.13. The summed E-state index contributed by atoms with van der Waals surface area (Å²) >= 11 is 0. The van der Waals surface area contributed by atoms with Crippen LogP contribution in [0.3, 0.4) is 0 Å². The number of rotatable bonds is 2. The van der Waals surface area contributed by atoms with Gasteiger partial charge < -0.3 is 10.0 Å². The fraction of sp³-hybridized carbons (Fsp3) is 0.222. The molecular weight excluding hydrogens is 167 g/mol. The van der Waals surface area contributed by atoms with Crippen molar-refractivity contribution in [1.29, 1.82) is 0 Å². The Balaban J connectivity index is 3.19. The quantitative estimate of drug-likeness (QED) is 0.490. The fourth-order valence-electron chi connectivity index (χ4n) is 1.14. The third kappa shape index (κ3) is 2.17. The number of benzene rings is 1. The van der Waals surface area contributed by atoms with Crippen LogP contribution in [0.4, 0.5) is 0 Å². The first-order chi connectivity index (χ1) is 6.02. The summed E-state index contributed by atoms with van der Waals surface area (Å²) < 4.78 is 0. The molecule has 0 atom stereocenters. The Labute approximate surface area is 77.2 Å². The van der Waals surface area contributed by atoms with Crippen LogP contribution >= 0.6 is 0 Å². The first-order valence-corrected chi connectivity index (χ1v) is 4.00. The molecule has 0 aromatic heterocycles. The molecule has 0 heterocycles. The molecule has 68 valence electrons. The highest BCUT2D eigenvalue weighted by Crippen LogP contribution is 2.02. The summed E-state index contributed by atoms with van der Waals surface area (Å²) in [5, 5.41) is 17.9. The lowest BCUT2D eigenvalue weighted by Crippen LogP contribution is -2.32. The maximum Gasteiger partial charge on any atom is 0.488 e. The normalized spacial score (nSPS) is 9.85. The van der Waals surface area contributed by atoms with Crippen molar-refractivity contribution in [3.63, 3.8) is 0 Å². The third-order valence-corrected chi connectivity index (χ3v) is 1.96. The smallest absolute Gasteiger partial charge is 0.423 e. The number of hydrogen-bond acceptors (Lipinski definition) is 3. The van der Waals surface area contributed by atoms with E-state index in [1.54, 1.807) is 19.1 Å². The summed E-state index contributed by atoms with van der Waals surface area (Å²) in [4.78, 5) is 11.0. The number of ketones is 1. The van der Waals surface area contributed by atoms with Crippen molar-refractivity contribution in [1.82, 2.24) is 0 Å². The first kappa shape index (κ1) is 9.96. The molecule has 1 aromatic rings. The van der Waals surface area contributed by atoms with Crippen LogP contribution < -0.4 is 5.46 Å². The highest BCUT2D eigenvalue weighted by Gasteiger charge is 2.14. The van der Waals surface area contributed by atoms with Crippen molar-refractivity contribution in [3.8, 4) is 0 Å². The Morgan fingerprint density at radius 1 is 1.38 bits per heavy atom. The van der Waals surface area contributed by atoms with E-state index >= 15 is 0 Å². The number of hydrogen-bond donors (Lipinski definition) is 2. The van der Waals surface area contributed by atoms with Crippen LogP contribution in [0.2, 0.25) is 0 Å². The van der Waals surface area contributed by atoms with Gasteiger partial charge in [0, 0.05) is 5.56 Å². The van der Waals surface area contributed by atoms with Crippen molar-refractivity contribution in [2.75, 3.05) is 0 Å². The van der Waals surface area contributed by atoms with Crippen molar-refractivity contribution in [3.05, 3.63) is 29.3 Å². The van der Waals surface area contributed by atoms with E-state index in [2.05, 4.69) is 0 Å². The lowest BCUT2D eigenvalue weighted by Gasteiger charge is -2.05. The lowest BCUT2D eigenvalue weighted by atomic mass is 9.76. The monoisotopic (exact) mass is 178 g/mol. The van der Waals surface area contributed by atoms with Gasteiger partial charge in [-0.15, -0.1) is 0 Å². The second-order valence-electron chi connectivity index (χ2n) is 3.00. The molecule has 0 fully saturated rings. The molecule has 3 nitrogen and oxygen atoms in total. The highest BCUT2D eigenvalue weighted by atomic mass is 16.4. The molecule has 0 amide bonds. The van der Waals surface area contributed by atoms with Gasteiger partial charge in [-0.1, -0.05) is 23.8 Å². The SMILES string of the molecule is CC(=O)c1ccc(C)c(B(O)O)c1. The van der Waals surface area contributed by atoms with Gasteiger partial charge in [0.25, 0.3) is 0 Å². The molecule has 0 saturated carbocycles. The van der Waals surface area contributed by atoms with Gasteiger partial charge in [0.15, 0.2) is 5.78 Å². The molecule has 13 heavy (non-hydrogen) atoms. The summed E-state index contributed by atoms with van der Waals surface area (Å²) in [6.07, 6.45) is 0. The van der Waals surface area contributed by atoms with Gasteiger partial charge in [-0.05, 0) is 19.3 Å². The molecule has 1 rings (SSSR count). The van der Waals surface area contributed by atoms with E-state index in [0.29, 0.717) is 11.0 Å². The number of aryl methyl sites for hydroxylation is 1. The van der Waals surface area contributed by atoms with Crippen molar-refractivity contribution in [2.45, 2.75) is 13.8 Å². The molecule has 4 heteroatoms. The van der Waals surface area contributed by atoms with Crippen molar-refractivity contribution >= 4 is 18.4 Å². The van der Waals surface area contributed by atoms with E-state index in [1.807, 2.05) is 0 Å². The van der Waals surface area contributed by atoms with E-state index in [1.165, 1.54) is 13.0 Å². The van der Waals surface area contributed by atoms with Gasteiger partial charge in [-0.3, -0.25) is 4.79 Å². The third-order valence-electron chi connectivity index (χ3n) is 1.96. The topological polar surface area (TPSA) is 57.5 Å². The van der Waals surface area contributed by atoms with Gasteiger partial charge in [0.2, 0.25) is 0 Å². The largest absolute Gasteiger partial charge is 0.488 e. The van der Waals surface area contributed by atoms with E-state index in [-0.39, 0.29) is 5.78 Å². The van der Waals surface area contributed by atoms with E-state index in [0.717, 1.165) is 5.56 Å². The van der Waals surface area contributed by atoms with Gasteiger partial charge in [-0.2, -0.15) is 0 Å². The predicted octanol–water partition coefficient (Wildman–Crippen LogP) is -0.123. The molecular formula is C9H11BO3. The number of carbonyl (C=O) groups is 1. The van der Waals surface area contributed by atoms with Gasteiger partial charge in [-0.25, -0.2) is 0 Å². The molecule has 0 aliphatic rings. The Morgan fingerprint density at radius 2 is 2.00 bits per heavy atom. The standard InChI is InChI=1S/C9H11BO3/c1-6-3-4-8(7(2)11)5-9(6)10(12)13/h3-5,12-13H,1-2H3. The van der Waals surface area contributed by atoms with E-state index < -0.39 is 7.12 Å². The minimum Gasteiger partial charge on any atom is -0.423 e. The zero-order valence-electron chi connectivity index (χ0n) is 7.61. The first-order valence-electron chi connectivity index (χ1n) is 4.00. The molecule has 0 aliphatic carbocycles. The Morgan fingerprint density at radius 3 is 2.46 bits per heavy atom. The predicted molar refractivity (Wildman–Crippen MR) is 51.0 cm³/mol. The van der Waals surface area contributed by atoms with Crippen LogP contribution in [0.5, 0.6) is 0 Å². The summed E-state index contributed by atoms with van der Waals surface area (Å²) in [5.74, 6) is -0.0816.